The first kappa shape index (κ1) is 22.0. The number of amides is 2. The van der Waals surface area contributed by atoms with Crippen LogP contribution in [0.3, 0.4) is 0 Å². The van der Waals surface area contributed by atoms with Crippen molar-refractivity contribution in [3.05, 3.63) is 63.4 Å². The van der Waals surface area contributed by atoms with Crippen molar-refractivity contribution in [2.75, 3.05) is 11.9 Å². The smallest absolute Gasteiger partial charge is 0.263 e. The van der Waals surface area contributed by atoms with Gasteiger partial charge in [0, 0.05) is 46.4 Å². The molecule has 0 aliphatic carbocycles. The number of thiophene rings is 1. The molecule has 4 aromatic rings. The largest absolute Gasteiger partial charge is 0.381 e. The van der Waals surface area contributed by atoms with Crippen LogP contribution in [-0.2, 0) is 6.42 Å². The van der Waals surface area contributed by atoms with E-state index in [1.165, 1.54) is 17.5 Å². The fourth-order valence-electron chi connectivity index (χ4n) is 4.14. The molecule has 0 spiro atoms. The van der Waals surface area contributed by atoms with Gasteiger partial charge in [0.25, 0.3) is 11.8 Å². The second-order valence-electron chi connectivity index (χ2n) is 7.89. The lowest BCUT2D eigenvalue weighted by molar-refractivity contribution is 0.0944. The minimum atomic E-state index is -0.252. The van der Waals surface area contributed by atoms with Crippen LogP contribution >= 0.6 is 32.3 Å². The Balaban J connectivity index is 1.57. The number of hydrogen-bond acceptors (Lipinski definition) is 6. The Morgan fingerprint density at radius 2 is 2.18 bits per heavy atom. The highest BCUT2D eigenvalue weighted by molar-refractivity contribution is 7.21. The number of nitrogens with zero attached hydrogens (tertiary/aromatic N) is 2. The molecule has 10 heteroatoms. The van der Waals surface area contributed by atoms with Crippen molar-refractivity contribution in [1.82, 2.24) is 20.4 Å². The highest BCUT2D eigenvalue weighted by Gasteiger charge is 2.25. The first-order valence-electron chi connectivity index (χ1n) is 10.5. The zero-order valence-corrected chi connectivity index (χ0v) is 20.5. The van der Waals surface area contributed by atoms with E-state index >= 15 is 0 Å². The topological polar surface area (TPSA) is 96.0 Å². The maximum absolute atomic E-state index is 12.8. The quantitative estimate of drug-likeness (QED) is 0.284. The Morgan fingerprint density at radius 3 is 2.97 bits per heavy atom. The van der Waals surface area contributed by atoms with Crippen molar-refractivity contribution in [2.45, 2.75) is 25.8 Å². The van der Waals surface area contributed by atoms with Gasteiger partial charge in [0.15, 0.2) is 0 Å². The van der Waals surface area contributed by atoms with Crippen LogP contribution in [0.2, 0.25) is 5.15 Å². The fourth-order valence-corrected chi connectivity index (χ4v) is 5.57. The molecule has 33 heavy (non-hydrogen) atoms. The third-order valence-electron chi connectivity index (χ3n) is 5.84. The van der Waals surface area contributed by atoms with E-state index in [0.717, 1.165) is 44.4 Å². The summed E-state index contributed by atoms with van der Waals surface area (Å²) in [5.74, 6) is -0.285. The van der Waals surface area contributed by atoms with Gasteiger partial charge < -0.3 is 15.7 Å². The first-order valence-corrected chi connectivity index (χ1v) is 12.3. The van der Waals surface area contributed by atoms with E-state index in [1.54, 1.807) is 6.07 Å². The second kappa shape index (κ2) is 8.86. The molecule has 3 N–H and O–H groups in total. The molecule has 1 unspecified atom stereocenters. The Bertz CT molecular complexity index is 1420. The third kappa shape index (κ3) is 4.03. The Kier molecular flexibility index (Phi) is 5.91. The van der Waals surface area contributed by atoms with Gasteiger partial charge in [-0.15, -0.1) is 11.3 Å². The average Bonchev–Trinajstić information content (AvgIpc) is 3.12. The van der Waals surface area contributed by atoms with E-state index in [9.17, 15) is 9.59 Å². The number of benzene rings is 1. The number of carbonyl (C=O) groups is 2. The van der Waals surface area contributed by atoms with Gasteiger partial charge in [-0.1, -0.05) is 24.6 Å². The number of nitrogens with one attached hydrogen (secondary N) is 3. The van der Waals surface area contributed by atoms with Crippen LogP contribution in [0.25, 0.3) is 21.0 Å². The van der Waals surface area contributed by atoms with Gasteiger partial charge in [-0.3, -0.25) is 14.6 Å². The van der Waals surface area contributed by atoms with Gasteiger partial charge in [0.1, 0.15) is 10.0 Å². The average molecular weight is 498 g/mol. The van der Waals surface area contributed by atoms with Crippen molar-refractivity contribution < 1.29 is 9.59 Å². The van der Waals surface area contributed by atoms with Crippen molar-refractivity contribution >= 4 is 70.8 Å². The van der Waals surface area contributed by atoms with E-state index in [4.69, 9.17) is 16.6 Å². The third-order valence-corrected chi connectivity index (χ3v) is 7.47. The zero-order chi connectivity index (χ0) is 23.1. The van der Waals surface area contributed by atoms with Crippen LogP contribution in [0.1, 0.15) is 44.6 Å². The highest BCUT2D eigenvalue weighted by Crippen LogP contribution is 2.41. The molecule has 0 bridgehead atoms. The monoisotopic (exact) mass is 497 g/mol. The lowest BCUT2D eigenvalue weighted by atomic mass is 10.0. The fraction of sp³-hybridized carbons (Fsp3) is 0.217. The zero-order valence-electron chi connectivity index (χ0n) is 17.7. The van der Waals surface area contributed by atoms with Crippen LogP contribution in [0.5, 0.6) is 0 Å². The maximum Gasteiger partial charge on any atom is 0.263 e. The van der Waals surface area contributed by atoms with E-state index < -0.39 is 0 Å². The van der Waals surface area contributed by atoms with Crippen molar-refractivity contribution in [3.8, 4) is 0 Å². The van der Waals surface area contributed by atoms with Crippen molar-refractivity contribution in [3.63, 3.8) is 0 Å². The number of halogens is 1. The van der Waals surface area contributed by atoms with Gasteiger partial charge in [0.2, 0.25) is 0 Å². The number of fused-ring (bicyclic) bond motifs is 5. The molecule has 1 aromatic carbocycles. The summed E-state index contributed by atoms with van der Waals surface area (Å²) in [7, 11) is 2.20. The standard InChI is InChI=1S/C23H21ClN5O2PS/c1-2-12-9-26-20-19-14-4-3-13(7-11-8-18(24)25-10-15(11)22(30)29-32)27-16(14)5-6-17(19)33-21(20)23(31)28-12/h3-6,8,10,12,26H,2,7,9,32H2,1H3,(H,28,31)(H,29,30)/t12-/m1/s1. The van der Waals surface area contributed by atoms with Crippen LogP contribution < -0.4 is 15.7 Å². The molecule has 1 aliphatic rings. The number of hydrogen-bond donors (Lipinski definition) is 3. The molecular formula is C23H21ClN5O2PS. The van der Waals surface area contributed by atoms with Crippen LogP contribution in [-0.4, -0.2) is 34.4 Å². The lowest BCUT2D eigenvalue weighted by Crippen LogP contribution is -2.36. The predicted molar refractivity (Wildman–Crippen MR) is 136 cm³/mol. The summed E-state index contributed by atoms with van der Waals surface area (Å²) < 4.78 is 1.04. The molecule has 0 fully saturated rings. The number of pyridine rings is 2. The molecule has 5 rings (SSSR count). The Labute approximate surface area is 201 Å². The van der Waals surface area contributed by atoms with Crippen molar-refractivity contribution in [1.29, 1.82) is 0 Å². The van der Waals surface area contributed by atoms with E-state index in [1.807, 2.05) is 24.3 Å². The first-order chi connectivity index (χ1) is 16.0. The summed E-state index contributed by atoms with van der Waals surface area (Å²) in [5, 5.41) is 11.5. The summed E-state index contributed by atoms with van der Waals surface area (Å²) in [6.07, 6.45) is 2.78. The lowest BCUT2D eigenvalue weighted by Gasteiger charge is -2.13. The molecule has 1 aliphatic heterocycles. The van der Waals surface area contributed by atoms with Gasteiger partial charge in [-0.25, -0.2) is 4.98 Å². The number of carbonyl (C=O) groups excluding carboxylic acids is 2. The van der Waals surface area contributed by atoms with Gasteiger partial charge in [-0.2, -0.15) is 0 Å². The normalized spacial score (nSPS) is 15.6. The maximum atomic E-state index is 12.8. The predicted octanol–water partition coefficient (Wildman–Crippen LogP) is 4.54. The number of rotatable bonds is 4. The molecule has 2 atom stereocenters. The summed E-state index contributed by atoms with van der Waals surface area (Å²) in [4.78, 5) is 34.6. The van der Waals surface area contributed by atoms with Gasteiger partial charge in [-0.05, 0) is 45.6 Å². The molecule has 4 heterocycles. The molecule has 168 valence electrons. The summed E-state index contributed by atoms with van der Waals surface area (Å²) in [6.45, 7) is 2.75. The van der Waals surface area contributed by atoms with E-state index in [0.29, 0.717) is 28.6 Å². The van der Waals surface area contributed by atoms with Gasteiger partial charge >= 0.3 is 0 Å². The Morgan fingerprint density at radius 1 is 1.33 bits per heavy atom. The van der Waals surface area contributed by atoms with Crippen LogP contribution in [0.15, 0.2) is 36.5 Å². The number of aromatic nitrogens is 2. The molecule has 2 amide bonds. The Hall–Kier alpha value is -2.80. The van der Waals surface area contributed by atoms with Gasteiger partial charge in [0.05, 0.1) is 16.8 Å². The van der Waals surface area contributed by atoms with E-state index in [2.05, 4.69) is 37.0 Å². The summed E-state index contributed by atoms with van der Waals surface area (Å²) >= 11 is 7.58. The van der Waals surface area contributed by atoms with Crippen LogP contribution in [0, 0.1) is 0 Å². The molecular weight excluding hydrogens is 477 g/mol. The molecule has 7 nitrogen and oxygen atoms in total. The minimum absolute atomic E-state index is 0.0322. The molecule has 0 saturated carbocycles. The highest BCUT2D eigenvalue weighted by atomic mass is 35.5. The molecule has 0 saturated heterocycles. The molecule has 3 aromatic heterocycles. The SMILES string of the molecule is CC[C@@H]1CNc2c(sc3ccc4nc(Cc5cc(Cl)ncc5C(=O)NP)ccc4c23)C(=O)N1. The van der Waals surface area contributed by atoms with Crippen molar-refractivity contribution in [2.24, 2.45) is 0 Å². The molecule has 0 radical (unpaired) electrons. The summed E-state index contributed by atoms with van der Waals surface area (Å²) in [5.41, 5.74) is 3.71. The summed E-state index contributed by atoms with van der Waals surface area (Å²) in [6, 6.07) is 9.76. The second-order valence-corrected chi connectivity index (χ2v) is 9.62. The van der Waals surface area contributed by atoms with Crippen LogP contribution in [0.4, 0.5) is 5.69 Å². The minimum Gasteiger partial charge on any atom is -0.381 e. The number of anilines is 1. The van der Waals surface area contributed by atoms with E-state index in [-0.39, 0.29) is 17.9 Å².